The van der Waals surface area contributed by atoms with E-state index in [0.29, 0.717) is 0 Å². The molecule has 4 nitrogen and oxygen atoms in total. The number of hydrogen-bond acceptors (Lipinski definition) is 0. The van der Waals surface area contributed by atoms with Crippen molar-refractivity contribution < 1.29 is 9.13 Å². The number of imidazole rings is 2. The lowest BCUT2D eigenvalue weighted by Crippen LogP contribution is -2.39. The second-order valence-corrected chi connectivity index (χ2v) is 12.8. The van der Waals surface area contributed by atoms with E-state index in [1.165, 1.54) is 22.1 Å². The molecule has 2 aromatic carbocycles. The molecule has 0 spiro atoms. The summed E-state index contributed by atoms with van der Waals surface area (Å²) in [4.78, 5) is 0. The first-order valence-corrected chi connectivity index (χ1v) is 12.2. The van der Waals surface area contributed by atoms with Crippen molar-refractivity contribution in [2.24, 2.45) is 14.1 Å². The molecule has 0 bridgehead atoms. The summed E-state index contributed by atoms with van der Waals surface area (Å²) in [5, 5.41) is 0. The largest absolute Gasteiger partial charge is 0.244 e. The van der Waals surface area contributed by atoms with E-state index < -0.39 is 8.07 Å². The first-order valence-electron chi connectivity index (χ1n) is 8.82. The van der Waals surface area contributed by atoms with E-state index >= 15 is 0 Å². The molecule has 25 heavy (non-hydrogen) atoms. The Hall–Kier alpha value is -2.40. The highest BCUT2D eigenvalue weighted by atomic mass is 28.3. The summed E-state index contributed by atoms with van der Waals surface area (Å²) in [6, 6.07) is 17.3. The average molecular weight is 351 g/mol. The van der Waals surface area contributed by atoms with E-state index in [-0.39, 0.29) is 0 Å². The van der Waals surface area contributed by atoms with Gasteiger partial charge in [-0.25, -0.2) is 18.3 Å². The van der Waals surface area contributed by atoms with E-state index in [1.807, 2.05) is 0 Å². The lowest BCUT2D eigenvalue weighted by molar-refractivity contribution is -0.645. The van der Waals surface area contributed by atoms with Crippen LogP contribution in [0.5, 0.6) is 0 Å². The maximum absolute atomic E-state index is 2.48. The van der Waals surface area contributed by atoms with Crippen LogP contribution in [0.1, 0.15) is 0 Å². The smallest absolute Gasteiger partial charge is 0.233 e. The molecule has 4 aromatic rings. The fraction of sp³-hybridized carbons (Fsp3) is 0.300. The van der Waals surface area contributed by atoms with Gasteiger partial charge in [0.2, 0.25) is 12.7 Å². The zero-order valence-corrected chi connectivity index (χ0v) is 16.5. The highest BCUT2D eigenvalue weighted by Crippen LogP contribution is 2.18. The van der Waals surface area contributed by atoms with Crippen molar-refractivity contribution in [1.82, 2.24) is 9.13 Å². The fourth-order valence-corrected chi connectivity index (χ4v) is 6.35. The van der Waals surface area contributed by atoms with E-state index in [0.717, 1.165) is 12.3 Å². The van der Waals surface area contributed by atoms with Crippen LogP contribution in [0.4, 0.5) is 0 Å². The van der Waals surface area contributed by atoms with Crippen LogP contribution in [0.15, 0.2) is 61.2 Å². The molecule has 0 atom stereocenters. The Labute approximate surface area is 149 Å². The average Bonchev–Trinajstić information content (AvgIpc) is 3.06. The molecule has 0 unspecified atom stereocenters. The molecule has 128 valence electrons. The SMILES string of the molecule is C[n+]1cn(C[Si](C)(C)Cn2c[n+](C)c3ccccc32)c2ccccc21. The normalized spacial score (nSPS) is 12.3. The predicted molar refractivity (Wildman–Crippen MR) is 104 cm³/mol. The van der Waals surface area contributed by atoms with Gasteiger partial charge in [-0.1, -0.05) is 37.4 Å². The topological polar surface area (TPSA) is 17.6 Å². The molecule has 0 fully saturated rings. The number of nitrogens with zero attached hydrogens (tertiary/aromatic N) is 4. The minimum Gasteiger partial charge on any atom is -0.233 e. The number of aryl methyl sites for hydroxylation is 2. The second-order valence-electron chi connectivity index (χ2n) is 7.85. The maximum atomic E-state index is 2.48. The van der Waals surface area contributed by atoms with Gasteiger partial charge in [-0.3, -0.25) is 0 Å². The molecular weight excluding hydrogens is 324 g/mol. The van der Waals surface area contributed by atoms with Crippen LogP contribution in [0.2, 0.25) is 13.1 Å². The quantitative estimate of drug-likeness (QED) is 0.398. The maximum Gasteiger partial charge on any atom is 0.244 e. The Morgan fingerprint density at radius 2 is 1.12 bits per heavy atom. The van der Waals surface area contributed by atoms with Crippen molar-refractivity contribution in [3.05, 3.63) is 61.2 Å². The van der Waals surface area contributed by atoms with E-state index in [4.69, 9.17) is 0 Å². The van der Waals surface area contributed by atoms with E-state index in [9.17, 15) is 0 Å². The number of rotatable bonds is 4. The molecule has 4 rings (SSSR count). The van der Waals surface area contributed by atoms with Crippen LogP contribution in [0.25, 0.3) is 22.1 Å². The van der Waals surface area contributed by atoms with E-state index in [2.05, 4.69) is 107 Å². The van der Waals surface area contributed by atoms with Crippen LogP contribution in [0, 0.1) is 0 Å². The zero-order chi connectivity index (χ0) is 17.6. The van der Waals surface area contributed by atoms with Crippen molar-refractivity contribution in [1.29, 1.82) is 0 Å². The molecule has 0 aliphatic rings. The fourth-order valence-electron chi connectivity index (χ4n) is 3.90. The first kappa shape index (κ1) is 16.1. The molecule has 5 heteroatoms. The predicted octanol–water partition coefficient (Wildman–Crippen LogP) is 2.73. The molecule has 0 saturated carbocycles. The molecular formula is C20H26N4Si+2. The van der Waals surface area contributed by atoms with Gasteiger partial charge in [-0.15, -0.1) is 0 Å². The highest BCUT2D eigenvalue weighted by molar-refractivity contribution is 6.75. The van der Waals surface area contributed by atoms with Crippen molar-refractivity contribution in [3.63, 3.8) is 0 Å². The van der Waals surface area contributed by atoms with Gasteiger partial charge in [0.1, 0.15) is 8.07 Å². The van der Waals surface area contributed by atoms with Gasteiger partial charge >= 0.3 is 0 Å². The van der Waals surface area contributed by atoms with Gasteiger partial charge in [0, 0.05) is 0 Å². The Bertz CT molecular complexity index is 974. The van der Waals surface area contributed by atoms with Crippen molar-refractivity contribution in [3.8, 4) is 0 Å². The van der Waals surface area contributed by atoms with Gasteiger partial charge in [-0.2, -0.15) is 0 Å². The Balaban J connectivity index is 1.67. The molecule has 0 radical (unpaired) electrons. The molecule has 0 saturated heterocycles. The lowest BCUT2D eigenvalue weighted by Gasteiger charge is -2.17. The number of para-hydroxylation sites is 4. The third-order valence-electron chi connectivity index (χ3n) is 4.96. The van der Waals surface area contributed by atoms with Crippen molar-refractivity contribution >= 4 is 30.1 Å². The minimum absolute atomic E-state index is 1.12. The third kappa shape index (κ3) is 2.89. The monoisotopic (exact) mass is 350 g/mol. The molecule has 2 aromatic heterocycles. The number of aromatic nitrogens is 4. The number of hydrogen-bond donors (Lipinski definition) is 0. The number of benzene rings is 2. The van der Waals surface area contributed by atoms with Crippen LogP contribution in [-0.4, -0.2) is 17.2 Å². The van der Waals surface area contributed by atoms with Gasteiger partial charge in [-0.05, 0) is 24.3 Å². The van der Waals surface area contributed by atoms with Crippen LogP contribution in [-0.2, 0) is 26.4 Å². The Morgan fingerprint density at radius 1 is 0.720 bits per heavy atom. The first-order chi connectivity index (χ1) is 11.9. The molecule has 0 amide bonds. The van der Waals surface area contributed by atoms with Gasteiger partial charge < -0.3 is 0 Å². The van der Waals surface area contributed by atoms with Gasteiger partial charge in [0.25, 0.3) is 0 Å². The van der Waals surface area contributed by atoms with Crippen molar-refractivity contribution in [2.75, 3.05) is 0 Å². The summed E-state index contributed by atoms with van der Waals surface area (Å²) in [5.74, 6) is 0. The Kier molecular flexibility index (Phi) is 3.76. The highest BCUT2D eigenvalue weighted by Gasteiger charge is 2.31. The summed E-state index contributed by atoms with van der Waals surface area (Å²) in [6.45, 7) is 4.97. The van der Waals surface area contributed by atoms with Crippen LogP contribution >= 0.6 is 0 Å². The summed E-state index contributed by atoms with van der Waals surface area (Å²) >= 11 is 0. The Morgan fingerprint density at radius 3 is 1.56 bits per heavy atom. The van der Waals surface area contributed by atoms with Gasteiger partial charge in [0.05, 0.1) is 26.4 Å². The third-order valence-corrected chi connectivity index (χ3v) is 7.36. The molecule has 0 aliphatic carbocycles. The number of fused-ring (bicyclic) bond motifs is 2. The van der Waals surface area contributed by atoms with E-state index in [1.54, 1.807) is 0 Å². The van der Waals surface area contributed by atoms with Crippen molar-refractivity contribution in [2.45, 2.75) is 25.4 Å². The summed E-state index contributed by atoms with van der Waals surface area (Å²) in [7, 11) is 2.77. The summed E-state index contributed by atoms with van der Waals surface area (Å²) in [5.41, 5.74) is 5.25. The molecule has 0 N–H and O–H groups in total. The summed E-state index contributed by atoms with van der Waals surface area (Å²) < 4.78 is 9.33. The minimum atomic E-state index is -1.49. The van der Waals surface area contributed by atoms with Gasteiger partial charge in [0.15, 0.2) is 22.1 Å². The standard InChI is InChI=1S/C20H26N4Si/c1-21-13-23(19-11-7-5-9-17(19)21)15-25(3,4)16-24-14-22(2)18-10-6-8-12-20(18)24/h5-14H,15-16H2,1-4H3/q+2. The molecule has 0 aliphatic heterocycles. The summed E-state index contributed by atoms with van der Waals surface area (Å²) in [6.07, 6.45) is 6.72. The lowest BCUT2D eigenvalue weighted by atomic mass is 10.3. The van der Waals surface area contributed by atoms with Crippen LogP contribution in [0.3, 0.4) is 0 Å². The zero-order valence-electron chi connectivity index (χ0n) is 15.5. The molecule has 2 heterocycles. The second kappa shape index (κ2) is 5.84. The van der Waals surface area contributed by atoms with Crippen LogP contribution < -0.4 is 9.13 Å².